The maximum absolute atomic E-state index is 13.1. The summed E-state index contributed by atoms with van der Waals surface area (Å²) in [6.07, 6.45) is 1.41. The van der Waals surface area contributed by atoms with Gasteiger partial charge in [-0.25, -0.2) is 23.9 Å². The number of sulfone groups is 1. The molecule has 0 unspecified atom stereocenters. The molecule has 12 heteroatoms. The lowest BCUT2D eigenvalue weighted by atomic mass is 10.1. The number of nitrogens with two attached hydrogens (primary N) is 1. The maximum Gasteiger partial charge on any atom is 0.278 e. The number of hydrogen-bond acceptors (Lipinski definition) is 9. The van der Waals surface area contributed by atoms with Gasteiger partial charge in [-0.3, -0.25) is 14.8 Å². The molecule has 11 nitrogen and oxygen atoms in total. The van der Waals surface area contributed by atoms with Gasteiger partial charge in [-0.05, 0) is 55.8 Å². The molecule has 0 saturated carbocycles. The third-order valence-electron chi connectivity index (χ3n) is 5.96. The van der Waals surface area contributed by atoms with Gasteiger partial charge in [0.1, 0.15) is 12.4 Å². The van der Waals surface area contributed by atoms with Gasteiger partial charge >= 0.3 is 0 Å². The molecule has 40 heavy (non-hydrogen) atoms. The Balaban J connectivity index is 1.50. The van der Waals surface area contributed by atoms with E-state index in [0.29, 0.717) is 22.7 Å². The van der Waals surface area contributed by atoms with Crippen molar-refractivity contribution in [3.8, 4) is 17.0 Å². The monoisotopic (exact) mass is 561 g/mol. The second-order valence-electron chi connectivity index (χ2n) is 8.98. The Hall–Kier alpha value is -4.81. The van der Waals surface area contributed by atoms with Gasteiger partial charge in [0.15, 0.2) is 21.3 Å². The second-order valence-corrected chi connectivity index (χ2v) is 11.5. The van der Waals surface area contributed by atoms with Crippen LogP contribution in [0, 0.1) is 0 Å². The maximum atomic E-state index is 13.1. The van der Waals surface area contributed by atoms with E-state index in [1.165, 1.54) is 18.3 Å². The van der Waals surface area contributed by atoms with E-state index in [1.54, 1.807) is 80.0 Å². The molecule has 0 spiro atoms. The van der Waals surface area contributed by atoms with E-state index >= 15 is 0 Å². The molecule has 1 aromatic heterocycles. The van der Waals surface area contributed by atoms with Gasteiger partial charge in [-0.15, -0.1) is 0 Å². The number of hydroxylamine groups is 1. The van der Waals surface area contributed by atoms with Crippen LogP contribution < -0.4 is 21.3 Å². The van der Waals surface area contributed by atoms with Crippen LogP contribution >= 0.6 is 0 Å². The lowest BCUT2D eigenvalue weighted by molar-refractivity contribution is 0.0706. The van der Waals surface area contributed by atoms with Gasteiger partial charge in [0.05, 0.1) is 27.7 Å². The van der Waals surface area contributed by atoms with Gasteiger partial charge in [0.25, 0.3) is 11.8 Å². The molecule has 4 aromatic rings. The molecule has 2 amide bonds. The van der Waals surface area contributed by atoms with Gasteiger partial charge in [0, 0.05) is 11.1 Å². The summed E-state index contributed by atoms with van der Waals surface area (Å²) in [4.78, 5) is 33.3. The van der Waals surface area contributed by atoms with E-state index in [2.05, 4.69) is 15.3 Å². The number of hydrogen-bond donors (Lipinski definition) is 4. The van der Waals surface area contributed by atoms with Crippen LogP contribution in [0.3, 0.4) is 0 Å². The molecule has 3 aromatic carbocycles. The van der Waals surface area contributed by atoms with Gasteiger partial charge in [-0.1, -0.05) is 36.4 Å². The van der Waals surface area contributed by atoms with Crippen molar-refractivity contribution in [1.82, 2.24) is 15.4 Å². The molecule has 5 N–H and O–H groups in total. The Morgan fingerprint density at radius 2 is 1.65 bits per heavy atom. The molecule has 4 rings (SSSR count). The van der Waals surface area contributed by atoms with Crippen LogP contribution in [0.5, 0.6) is 5.75 Å². The summed E-state index contributed by atoms with van der Waals surface area (Å²) >= 11 is 0. The second kappa shape index (κ2) is 11.9. The third-order valence-corrected chi connectivity index (χ3v) is 8.13. The minimum atomic E-state index is -3.43. The fourth-order valence-corrected chi connectivity index (χ4v) is 4.71. The number of rotatable bonds is 9. The predicted molar refractivity (Wildman–Crippen MR) is 149 cm³/mol. The first-order valence-electron chi connectivity index (χ1n) is 12.1. The average molecular weight is 562 g/mol. The van der Waals surface area contributed by atoms with Crippen molar-refractivity contribution >= 4 is 33.2 Å². The van der Waals surface area contributed by atoms with E-state index < -0.39 is 26.9 Å². The first-order chi connectivity index (χ1) is 19.1. The van der Waals surface area contributed by atoms with Crippen molar-refractivity contribution in [3.63, 3.8) is 0 Å². The van der Waals surface area contributed by atoms with Crippen LogP contribution in [-0.4, -0.2) is 40.7 Å². The molecule has 0 fully saturated rings. The third kappa shape index (κ3) is 6.25. The van der Waals surface area contributed by atoms with Crippen molar-refractivity contribution in [1.29, 1.82) is 0 Å². The van der Waals surface area contributed by atoms with E-state index in [1.807, 2.05) is 0 Å². The Kier molecular flexibility index (Phi) is 8.41. The molecule has 0 aliphatic heterocycles. The molecule has 0 radical (unpaired) electrons. The van der Waals surface area contributed by atoms with Crippen molar-refractivity contribution < 1.29 is 28.0 Å². The fraction of sp³-hybridized carbons (Fsp3) is 0.143. The lowest BCUT2D eigenvalue weighted by Gasteiger charge is -2.13. The van der Waals surface area contributed by atoms with Crippen LogP contribution in [0.15, 0.2) is 83.9 Å². The molecule has 0 aliphatic rings. The van der Waals surface area contributed by atoms with E-state index in [4.69, 9.17) is 15.7 Å². The van der Waals surface area contributed by atoms with Crippen LogP contribution in [0.25, 0.3) is 11.3 Å². The van der Waals surface area contributed by atoms with Gasteiger partial charge in [-0.2, -0.15) is 0 Å². The standard InChI is InChI=1S/C28H27N5O6S/c1-17(2)40(37,38)21-13-11-19(12-14-21)23-15-30-26(29)25(31-23)28(35)32-22-5-3-4-6-24(22)39-16-18-7-9-20(10-8-18)27(34)33-36/h3-15,17,36H,16H2,1-2H3,(H2,29,30)(H,32,35)(H,33,34). The number of nitrogens with zero attached hydrogens (tertiary/aromatic N) is 2. The molecular formula is C28H27N5O6S. The summed E-state index contributed by atoms with van der Waals surface area (Å²) in [5.41, 5.74) is 9.76. The number of nitrogen functional groups attached to an aromatic ring is 1. The number of carbonyl (C=O) groups excluding carboxylic acids is 2. The smallest absolute Gasteiger partial charge is 0.278 e. The molecular weight excluding hydrogens is 534 g/mol. The highest BCUT2D eigenvalue weighted by Gasteiger charge is 2.20. The van der Waals surface area contributed by atoms with Crippen molar-refractivity contribution in [2.45, 2.75) is 30.6 Å². The SMILES string of the molecule is CC(C)S(=O)(=O)c1ccc(-c2cnc(N)c(C(=O)Nc3ccccc3OCc3ccc(C(=O)NO)cc3)n2)cc1. The summed E-state index contributed by atoms with van der Waals surface area (Å²) < 4.78 is 30.7. The fourth-order valence-electron chi connectivity index (χ4n) is 3.65. The van der Waals surface area contributed by atoms with Crippen LogP contribution in [-0.2, 0) is 16.4 Å². The lowest BCUT2D eigenvalue weighted by Crippen LogP contribution is -2.18. The zero-order chi connectivity index (χ0) is 28.9. The number of benzene rings is 3. The summed E-state index contributed by atoms with van der Waals surface area (Å²) in [5.74, 6) is -0.923. The highest BCUT2D eigenvalue weighted by atomic mass is 32.2. The quantitative estimate of drug-likeness (QED) is 0.175. The average Bonchev–Trinajstić information content (AvgIpc) is 2.96. The topological polar surface area (TPSA) is 174 Å². The Morgan fingerprint density at radius 1 is 0.975 bits per heavy atom. The number of para-hydroxylation sites is 2. The highest BCUT2D eigenvalue weighted by Crippen LogP contribution is 2.27. The number of carbonyl (C=O) groups is 2. The first-order valence-corrected chi connectivity index (χ1v) is 13.7. The Morgan fingerprint density at radius 3 is 2.30 bits per heavy atom. The number of amides is 2. The van der Waals surface area contributed by atoms with Gasteiger partial charge in [0.2, 0.25) is 0 Å². The van der Waals surface area contributed by atoms with E-state index in [0.717, 1.165) is 5.56 Å². The highest BCUT2D eigenvalue weighted by molar-refractivity contribution is 7.92. The van der Waals surface area contributed by atoms with Crippen molar-refractivity contribution in [3.05, 3.63) is 95.8 Å². The molecule has 0 bridgehead atoms. The summed E-state index contributed by atoms with van der Waals surface area (Å²) in [6.45, 7) is 3.37. The van der Waals surface area contributed by atoms with Gasteiger partial charge < -0.3 is 15.8 Å². The Labute approximate surface area is 230 Å². The largest absolute Gasteiger partial charge is 0.487 e. The Bertz CT molecular complexity index is 1640. The normalized spacial score (nSPS) is 11.2. The zero-order valence-electron chi connectivity index (χ0n) is 21.7. The number of anilines is 2. The molecule has 1 heterocycles. The minimum Gasteiger partial charge on any atom is -0.487 e. The van der Waals surface area contributed by atoms with Crippen molar-refractivity contribution in [2.75, 3.05) is 11.1 Å². The van der Waals surface area contributed by atoms with E-state index in [-0.39, 0.29) is 28.6 Å². The number of ether oxygens (including phenoxy) is 1. The van der Waals surface area contributed by atoms with Crippen molar-refractivity contribution in [2.24, 2.45) is 0 Å². The zero-order valence-corrected chi connectivity index (χ0v) is 22.5. The number of nitrogens with one attached hydrogen (secondary N) is 2. The molecule has 0 saturated heterocycles. The van der Waals surface area contributed by atoms with Crippen LogP contribution in [0.4, 0.5) is 11.5 Å². The summed E-state index contributed by atoms with van der Waals surface area (Å²) in [6, 6.07) is 19.4. The predicted octanol–water partition coefficient (Wildman–Crippen LogP) is 3.86. The minimum absolute atomic E-state index is 0.0781. The first kappa shape index (κ1) is 28.2. The summed E-state index contributed by atoms with van der Waals surface area (Å²) in [5, 5.41) is 10.9. The molecule has 0 aliphatic carbocycles. The number of aromatic nitrogens is 2. The van der Waals surface area contributed by atoms with Crippen LogP contribution in [0.2, 0.25) is 0 Å². The van der Waals surface area contributed by atoms with E-state index in [9.17, 15) is 18.0 Å². The summed E-state index contributed by atoms with van der Waals surface area (Å²) in [7, 11) is -3.43. The van der Waals surface area contributed by atoms with Crippen LogP contribution in [0.1, 0.15) is 40.3 Å². The molecule has 0 atom stereocenters. The molecule has 206 valence electrons.